The van der Waals surface area contributed by atoms with Crippen molar-refractivity contribution < 1.29 is 19.9 Å². The summed E-state index contributed by atoms with van der Waals surface area (Å²) in [6.07, 6.45) is 0. The summed E-state index contributed by atoms with van der Waals surface area (Å²) in [5, 5.41) is 28.1. The zero-order valence-corrected chi connectivity index (χ0v) is 8.16. The van der Waals surface area contributed by atoms with E-state index < -0.39 is 28.2 Å². The van der Waals surface area contributed by atoms with E-state index in [1.54, 1.807) is 0 Å². The molecule has 0 heterocycles. The molecule has 0 saturated heterocycles. The summed E-state index contributed by atoms with van der Waals surface area (Å²) >= 11 is 0. The lowest BCUT2D eigenvalue weighted by molar-refractivity contribution is -0.385. The van der Waals surface area contributed by atoms with Crippen LogP contribution in [-0.4, -0.2) is 27.7 Å². The van der Waals surface area contributed by atoms with Crippen molar-refractivity contribution in [2.45, 2.75) is 6.04 Å². The minimum Gasteiger partial charge on any atom is -0.477 e. The molecule has 0 spiro atoms. The van der Waals surface area contributed by atoms with Crippen LogP contribution in [0.3, 0.4) is 0 Å². The number of carboxylic acid groups (broad SMARTS) is 1. The minimum absolute atomic E-state index is 0.338. The number of aliphatic hydroxyl groups is 1. The van der Waals surface area contributed by atoms with Gasteiger partial charge in [0.1, 0.15) is 5.56 Å². The molecule has 0 unspecified atom stereocenters. The molecule has 1 rings (SSSR count). The van der Waals surface area contributed by atoms with E-state index in [1.165, 1.54) is 6.07 Å². The highest BCUT2D eigenvalue weighted by Crippen LogP contribution is 2.22. The zero-order valence-electron chi connectivity index (χ0n) is 8.16. The molecule has 0 saturated carbocycles. The van der Waals surface area contributed by atoms with Gasteiger partial charge in [-0.15, -0.1) is 0 Å². The predicted molar refractivity (Wildman–Crippen MR) is 54.1 cm³/mol. The second-order valence-corrected chi connectivity index (χ2v) is 3.13. The Balaban J connectivity index is 3.28. The molecule has 7 nitrogen and oxygen atoms in total. The lowest BCUT2D eigenvalue weighted by atomic mass is 10.0. The molecule has 1 aromatic rings. The van der Waals surface area contributed by atoms with E-state index >= 15 is 0 Å². The average molecular weight is 226 g/mol. The minimum atomic E-state index is -1.40. The molecule has 0 fully saturated rings. The number of aromatic carboxylic acids is 1. The molecule has 0 aliphatic heterocycles. The van der Waals surface area contributed by atoms with Crippen molar-refractivity contribution >= 4 is 11.7 Å². The van der Waals surface area contributed by atoms with Gasteiger partial charge in [-0.25, -0.2) is 4.79 Å². The number of hydrogen-bond donors (Lipinski definition) is 3. The van der Waals surface area contributed by atoms with Crippen LogP contribution in [-0.2, 0) is 0 Å². The summed E-state index contributed by atoms with van der Waals surface area (Å²) in [4.78, 5) is 20.5. The lowest BCUT2D eigenvalue weighted by Crippen LogP contribution is -2.15. The van der Waals surface area contributed by atoms with Crippen molar-refractivity contribution in [3.63, 3.8) is 0 Å². The summed E-state index contributed by atoms with van der Waals surface area (Å²) in [6, 6.07) is 2.74. The van der Waals surface area contributed by atoms with Crippen molar-refractivity contribution in [1.82, 2.24) is 0 Å². The first-order chi connectivity index (χ1) is 7.47. The molecule has 0 radical (unpaired) electrons. The average Bonchev–Trinajstić information content (AvgIpc) is 2.26. The smallest absolute Gasteiger partial charge is 0.342 e. The molecular formula is C9H10N2O5. The van der Waals surface area contributed by atoms with E-state index in [2.05, 4.69) is 0 Å². The van der Waals surface area contributed by atoms with Crippen LogP contribution in [0.15, 0.2) is 18.2 Å². The quantitative estimate of drug-likeness (QED) is 0.500. The number of carboxylic acids is 1. The first kappa shape index (κ1) is 12.1. The van der Waals surface area contributed by atoms with Crippen molar-refractivity contribution in [3.05, 3.63) is 39.4 Å². The molecule has 16 heavy (non-hydrogen) atoms. The van der Waals surface area contributed by atoms with E-state index in [4.69, 9.17) is 15.9 Å². The number of nitro benzene ring substituents is 1. The molecule has 0 aliphatic carbocycles. The number of benzene rings is 1. The predicted octanol–water partition coefficient (Wildman–Crippen LogP) is 0.285. The number of aliphatic hydroxyl groups excluding tert-OH is 1. The van der Waals surface area contributed by atoms with Gasteiger partial charge in [0.2, 0.25) is 0 Å². The van der Waals surface area contributed by atoms with Crippen LogP contribution in [0, 0.1) is 10.1 Å². The second-order valence-electron chi connectivity index (χ2n) is 3.13. The second kappa shape index (κ2) is 4.69. The van der Waals surface area contributed by atoms with Crippen molar-refractivity contribution in [1.29, 1.82) is 0 Å². The Bertz CT molecular complexity index is 432. The summed E-state index contributed by atoms with van der Waals surface area (Å²) in [5.41, 5.74) is 4.88. The van der Waals surface area contributed by atoms with E-state index in [0.29, 0.717) is 5.56 Å². The number of nitro groups is 1. The number of nitrogens with two attached hydrogens (primary N) is 1. The van der Waals surface area contributed by atoms with Crippen LogP contribution in [0.2, 0.25) is 0 Å². The Morgan fingerprint density at radius 3 is 2.62 bits per heavy atom. The van der Waals surface area contributed by atoms with Gasteiger partial charge >= 0.3 is 5.97 Å². The van der Waals surface area contributed by atoms with Crippen LogP contribution in [0.5, 0.6) is 0 Å². The van der Waals surface area contributed by atoms with Gasteiger partial charge in [-0.2, -0.15) is 0 Å². The normalized spacial score (nSPS) is 12.1. The van der Waals surface area contributed by atoms with Crippen LogP contribution in [0.25, 0.3) is 0 Å². The highest BCUT2D eigenvalue weighted by atomic mass is 16.6. The van der Waals surface area contributed by atoms with E-state index in [1.807, 2.05) is 0 Å². The Kier molecular flexibility index (Phi) is 3.54. The van der Waals surface area contributed by atoms with E-state index in [9.17, 15) is 14.9 Å². The van der Waals surface area contributed by atoms with Crippen LogP contribution in [0.4, 0.5) is 5.69 Å². The molecule has 1 aromatic carbocycles. The molecule has 0 bridgehead atoms. The Labute approximate surface area is 90.3 Å². The van der Waals surface area contributed by atoms with Gasteiger partial charge in [-0.05, 0) is 11.6 Å². The SMILES string of the molecule is N[C@H](CO)c1ccc([N+](=O)[O-])c(C(=O)O)c1. The third-order valence-electron chi connectivity index (χ3n) is 2.07. The van der Waals surface area contributed by atoms with Gasteiger partial charge in [0.25, 0.3) is 5.69 Å². The van der Waals surface area contributed by atoms with Gasteiger partial charge in [0, 0.05) is 6.07 Å². The molecule has 0 aliphatic rings. The van der Waals surface area contributed by atoms with Crippen molar-refractivity contribution in [2.24, 2.45) is 5.73 Å². The van der Waals surface area contributed by atoms with Crippen molar-refractivity contribution in [2.75, 3.05) is 6.61 Å². The number of nitrogens with zero attached hydrogens (tertiary/aromatic N) is 1. The van der Waals surface area contributed by atoms with Gasteiger partial charge in [-0.1, -0.05) is 6.07 Å². The standard InChI is InChI=1S/C9H10N2O5/c10-7(4-12)5-1-2-8(11(15)16)6(3-5)9(13)14/h1-3,7,12H,4,10H2,(H,13,14)/t7-/m1/s1. The fourth-order valence-electron chi connectivity index (χ4n) is 1.22. The zero-order chi connectivity index (χ0) is 12.3. The molecule has 7 heteroatoms. The summed E-state index contributed by atoms with van der Waals surface area (Å²) in [7, 11) is 0. The molecule has 4 N–H and O–H groups in total. The number of hydrogen-bond acceptors (Lipinski definition) is 5. The third-order valence-corrected chi connectivity index (χ3v) is 2.07. The van der Waals surface area contributed by atoms with E-state index in [-0.39, 0.29) is 6.61 Å². The van der Waals surface area contributed by atoms with E-state index in [0.717, 1.165) is 12.1 Å². The lowest BCUT2D eigenvalue weighted by Gasteiger charge is -2.09. The molecular weight excluding hydrogens is 216 g/mol. The highest BCUT2D eigenvalue weighted by molar-refractivity contribution is 5.92. The third kappa shape index (κ3) is 2.33. The van der Waals surface area contributed by atoms with Gasteiger partial charge in [0.15, 0.2) is 0 Å². The summed E-state index contributed by atoms with van der Waals surface area (Å²) < 4.78 is 0. The van der Waals surface area contributed by atoms with Crippen LogP contribution in [0.1, 0.15) is 22.0 Å². The van der Waals surface area contributed by atoms with Crippen LogP contribution >= 0.6 is 0 Å². The maximum absolute atomic E-state index is 10.8. The molecule has 0 amide bonds. The summed E-state index contributed by atoms with van der Waals surface area (Å²) in [6.45, 7) is -0.364. The number of carbonyl (C=O) groups is 1. The van der Waals surface area contributed by atoms with Gasteiger partial charge < -0.3 is 15.9 Å². The topological polar surface area (TPSA) is 127 Å². The first-order valence-corrected chi connectivity index (χ1v) is 4.35. The van der Waals surface area contributed by atoms with Crippen LogP contribution < -0.4 is 5.73 Å². The first-order valence-electron chi connectivity index (χ1n) is 4.35. The Morgan fingerprint density at radius 2 is 2.19 bits per heavy atom. The van der Waals surface area contributed by atoms with Crippen molar-refractivity contribution in [3.8, 4) is 0 Å². The largest absolute Gasteiger partial charge is 0.477 e. The fraction of sp³-hybridized carbons (Fsp3) is 0.222. The maximum atomic E-state index is 10.8. The Morgan fingerprint density at radius 1 is 1.56 bits per heavy atom. The molecule has 1 atom stereocenters. The number of rotatable bonds is 4. The van der Waals surface area contributed by atoms with Gasteiger partial charge in [-0.3, -0.25) is 10.1 Å². The van der Waals surface area contributed by atoms with Gasteiger partial charge in [0.05, 0.1) is 17.6 Å². The summed E-state index contributed by atoms with van der Waals surface area (Å²) in [5.74, 6) is -1.40. The molecule has 86 valence electrons. The monoisotopic (exact) mass is 226 g/mol. The maximum Gasteiger partial charge on any atom is 0.342 e. The fourth-order valence-corrected chi connectivity index (χ4v) is 1.22. The molecule has 0 aromatic heterocycles. The Hall–Kier alpha value is -1.99. The highest BCUT2D eigenvalue weighted by Gasteiger charge is 2.21.